The van der Waals surface area contributed by atoms with Crippen LogP contribution in [0.2, 0.25) is 0 Å². The minimum atomic E-state index is -3.19. The zero-order valence-corrected chi connectivity index (χ0v) is 13.8. The van der Waals surface area contributed by atoms with Crippen molar-refractivity contribution < 1.29 is 17.6 Å². The van der Waals surface area contributed by atoms with Crippen LogP contribution in [0.15, 0.2) is 16.5 Å². The Bertz CT molecular complexity index is 592. The number of hydrogen-bond donors (Lipinski definition) is 2. The number of carbonyl (C=O) groups excluding carboxylic acids is 1. The summed E-state index contributed by atoms with van der Waals surface area (Å²) in [7, 11) is -3.19. The van der Waals surface area contributed by atoms with Gasteiger partial charge in [-0.05, 0) is 31.4 Å². The number of sulfone groups is 1. The summed E-state index contributed by atoms with van der Waals surface area (Å²) in [6, 6.07) is 2.97. The van der Waals surface area contributed by atoms with E-state index in [9.17, 15) is 13.2 Å². The normalized spacial score (nSPS) is 15.0. The first kappa shape index (κ1) is 17.7. The molecule has 0 spiro atoms. The summed E-state index contributed by atoms with van der Waals surface area (Å²) >= 11 is 0. The Labute approximate surface area is 126 Å². The van der Waals surface area contributed by atoms with Gasteiger partial charge in [0.2, 0.25) is 0 Å². The molecular weight excluding hydrogens is 292 g/mol. The highest BCUT2D eigenvalue weighted by atomic mass is 32.2. The van der Waals surface area contributed by atoms with Crippen LogP contribution in [0.1, 0.15) is 43.5 Å². The minimum Gasteiger partial charge on any atom is -0.455 e. The number of furan rings is 1. The molecule has 120 valence electrons. The Hall–Kier alpha value is -1.34. The smallest absolute Gasteiger partial charge is 0.287 e. The second-order valence-electron chi connectivity index (χ2n) is 6.15. The molecule has 1 aromatic heterocycles. The number of rotatable bonds is 7. The van der Waals surface area contributed by atoms with Gasteiger partial charge in [-0.15, -0.1) is 0 Å². The first-order chi connectivity index (χ1) is 9.54. The van der Waals surface area contributed by atoms with Gasteiger partial charge in [-0.1, -0.05) is 13.8 Å². The lowest BCUT2D eigenvalue weighted by atomic mass is 9.90. The van der Waals surface area contributed by atoms with Crippen molar-refractivity contribution >= 4 is 15.7 Å². The summed E-state index contributed by atoms with van der Waals surface area (Å²) in [6.07, 6.45) is 1.86. The molecule has 3 N–H and O–H groups in total. The van der Waals surface area contributed by atoms with Crippen molar-refractivity contribution in [1.29, 1.82) is 0 Å². The maximum atomic E-state index is 12.2. The molecule has 0 bridgehead atoms. The molecule has 0 saturated carbocycles. The number of nitrogens with one attached hydrogen (secondary N) is 1. The van der Waals surface area contributed by atoms with Gasteiger partial charge in [0.05, 0.1) is 5.54 Å². The Morgan fingerprint density at radius 2 is 2.05 bits per heavy atom. The van der Waals surface area contributed by atoms with Crippen molar-refractivity contribution in [2.24, 2.45) is 11.7 Å². The van der Waals surface area contributed by atoms with Crippen LogP contribution < -0.4 is 11.1 Å². The predicted molar refractivity (Wildman–Crippen MR) is 81.6 cm³/mol. The maximum Gasteiger partial charge on any atom is 0.287 e. The van der Waals surface area contributed by atoms with Crippen LogP contribution in [0.5, 0.6) is 0 Å². The molecule has 0 aliphatic rings. The molecule has 0 radical (unpaired) electrons. The van der Waals surface area contributed by atoms with E-state index in [0.717, 1.165) is 12.7 Å². The van der Waals surface area contributed by atoms with Crippen molar-refractivity contribution in [2.75, 3.05) is 12.8 Å². The van der Waals surface area contributed by atoms with Gasteiger partial charge in [-0.3, -0.25) is 4.79 Å². The topological polar surface area (TPSA) is 102 Å². The minimum absolute atomic E-state index is 0.0945. The van der Waals surface area contributed by atoms with Crippen molar-refractivity contribution in [3.8, 4) is 0 Å². The van der Waals surface area contributed by atoms with E-state index in [0.29, 0.717) is 12.5 Å². The van der Waals surface area contributed by atoms with Crippen molar-refractivity contribution in [1.82, 2.24) is 5.32 Å². The van der Waals surface area contributed by atoms with Crippen LogP contribution in [0.3, 0.4) is 0 Å². The second-order valence-corrected chi connectivity index (χ2v) is 8.29. The Kier molecular flexibility index (Phi) is 5.58. The lowest BCUT2D eigenvalue weighted by Crippen LogP contribution is -2.52. The van der Waals surface area contributed by atoms with E-state index >= 15 is 0 Å². The highest BCUT2D eigenvalue weighted by molar-refractivity contribution is 7.89. The first-order valence-corrected chi connectivity index (χ1v) is 8.90. The average Bonchev–Trinajstić information content (AvgIpc) is 2.73. The lowest BCUT2D eigenvalue weighted by Gasteiger charge is -2.30. The fraction of sp³-hybridized carbons (Fsp3) is 0.643. The van der Waals surface area contributed by atoms with E-state index in [1.165, 1.54) is 12.1 Å². The Balaban J connectivity index is 2.80. The second kappa shape index (κ2) is 6.62. The van der Waals surface area contributed by atoms with Gasteiger partial charge in [0.15, 0.2) is 15.6 Å². The number of carbonyl (C=O) groups is 1. The third kappa shape index (κ3) is 5.89. The monoisotopic (exact) mass is 316 g/mol. The van der Waals surface area contributed by atoms with E-state index in [-0.39, 0.29) is 23.2 Å². The SMILES string of the molecule is CC(C)CC(C)(CN)NC(=O)c1ccc(CS(C)(=O)=O)o1. The van der Waals surface area contributed by atoms with Crippen molar-refractivity contribution in [2.45, 2.75) is 38.5 Å². The van der Waals surface area contributed by atoms with Gasteiger partial charge in [-0.25, -0.2) is 8.42 Å². The van der Waals surface area contributed by atoms with Crippen LogP contribution >= 0.6 is 0 Å². The molecule has 0 fully saturated rings. The van der Waals surface area contributed by atoms with E-state index in [1.807, 2.05) is 6.92 Å². The van der Waals surface area contributed by atoms with Crippen LogP contribution in [0.4, 0.5) is 0 Å². The predicted octanol–water partition coefficient (Wildman–Crippen LogP) is 1.32. The van der Waals surface area contributed by atoms with Crippen LogP contribution in [0.25, 0.3) is 0 Å². The van der Waals surface area contributed by atoms with E-state index in [4.69, 9.17) is 10.2 Å². The van der Waals surface area contributed by atoms with E-state index < -0.39 is 15.4 Å². The zero-order valence-electron chi connectivity index (χ0n) is 13.0. The van der Waals surface area contributed by atoms with Gasteiger partial charge in [-0.2, -0.15) is 0 Å². The molecule has 0 aliphatic heterocycles. The summed E-state index contributed by atoms with van der Waals surface area (Å²) in [5.74, 6) is 0.123. The molecule has 1 rings (SSSR count). The van der Waals surface area contributed by atoms with Crippen molar-refractivity contribution in [3.05, 3.63) is 23.7 Å². The van der Waals surface area contributed by atoms with Gasteiger partial charge < -0.3 is 15.5 Å². The highest BCUT2D eigenvalue weighted by Crippen LogP contribution is 2.17. The highest BCUT2D eigenvalue weighted by Gasteiger charge is 2.27. The largest absolute Gasteiger partial charge is 0.455 e. The molecule has 1 aromatic rings. The van der Waals surface area contributed by atoms with Gasteiger partial charge >= 0.3 is 0 Å². The van der Waals surface area contributed by atoms with Gasteiger partial charge in [0.25, 0.3) is 5.91 Å². The summed E-state index contributed by atoms with van der Waals surface area (Å²) < 4.78 is 27.7. The maximum absolute atomic E-state index is 12.2. The molecule has 1 amide bonds. The third-order valence-electron chi connectivity index (χ3n) is 3.01. The molecule has 7 heteroatoms. The van der Waals surface area contributed by atoms with Gasteiger partial charge in [0, 0.05) is 12.8 Å². The quantitative estimate of drug-likeness (QED) is 0.789. The molecule has 0 aromatic carbocycles. The number of amides is 1. The first-order valence-electron chi connectivity index (χ1n) is 6.84. The third-order valence-corrected chi connectivity index (χ3v) is 3.82. The average molecular weight is 316 g/mol. The summed E-state index contributed by atoms with van der Waals surface area (Å²) in [4.78, 5) is 12.2. The summed E-state index contributed by atoms with van der Waals surface area (Å²) in [5.41, 5.74) is 5.23. The van der Waals surface area contributed by atoms with Gasteiger partial charge in [0.1, 0.15) is 11.5 Å². The molecule has 0 saturated heterocycles. The Morgan fingerprint density at radius 1 is 1.43 bits per heavy atom. The van der Waals surface area contributed by atoms with Crippen LogP contribution in [-0.2, 0) is 15.6 Å². The standard InChI is InChI=1S/C14H24N2O4S/c1-10(2)7-14(3,9-15)16-13(17)12-6-5-11(20-12)8-21(4,18)19/h5-6,10H,7-9,15H2,1-4H3,(H,16,17). The fourth-order valence-corrected chi connectivity index (χ4v) is 2.93. The van der Waals surface area contributed by atoms with Crippen LogP contribution in [0, 0.1) is 5.92 Å². The lowest BCUT2D eigenvalue weighted by molar-refractivity contribution is 0.0868. The molecule has 6 nitrogen and oxygen atoms in total. The molecule has 21 heavy (non-hydrogen) atoms. The molecule has 0 aliphatic carbocycles. The van der Waals surface area contributed by atoms with Crippen LogP contribution in [-0.4, -0.2) is 32.7 Å². The van der Waals surface area contributed by atoms with Crippen molar-refractivity contribution in [3.63, 3.8) is 0 Å². The Morgan fingerprint density at radius 3 is 2.52 bits per heavy atom. The summed E-state index contributed by atoms with van der Waals surface area (Å²) in [6.45, 7) is 6.30. The molecule has 1 unspecified atom stereocenters. The molecule has 1 heterocycles. The zero-order chi connectivity index (χ0) is 16.3. The molecular formula is C14H24N2O4S. The molecule has 1 atom stereocenters. The number of nitrogens with two attached hydrogens (primary N) is 1. The van der Waals surface area contributed by atoms with E-state index in [1.54, 1.807) is 0 Å². The van der Waals surface area contributed by atoms with E-state index in [2.05, 4.69) is 19.2 Å². The number of hydrogen-bond acceptors (Lipinski definition) is 5. The fourth-order valence-electron chi connectivity index (χ4n) is 2.26. The summed E-state index contributed by atoms with van der Waals surface area (Å²) in [5, 5.41) is 2.86.